The Balaban J connectivity index is 2.22. The summed E-state index contributed by atoms with van der Waals surface area (Å²) in [5, 5.41) is 15.5. The standard InChI is InChI=1S/C15H22N2O2/c1-12(18)11-17-14(19)15(7-9-16-10-8-15)13-5-3-2-4-6-13/h2-6,12,16,18H,7-11H2,1H3,(H,17,19). The van der Waals surface area contributed by atoms with Gasteiger partial charge in [0.15, 0.2) is 0 Å². The Bertz CT molecular complexity index is 411. The lowest BCUT2D eigenvalue weighted by atomic mass is 9.72. The molecule has 2 rings (SSSR count). The first kappa shape index (κ1) is 14.0. The SMILES string of the molecule is CC(O)CNC(=O)C1(c2ccccc2)CCNCC1. The van der Waals surface area contributed by atoms with Crippen LogP contribution in [0.3, 0.4) is 0 Å². The lowest BCUT2D eigenvalue weighted by Gasteiger charge is -2.36. The predicted molar refractivity (Wildman–Crippen MR) is 74.9 cm³/mol. The van der Waals surface area contributed by atoms with Crippen molar-refractivity contribution < 1.29 is 9.90 Å². The molecule has 1 aromatic carbocycles. The van der Waals surface area contributed by atoms with E-state index in [1.54, 1.807) is 6.92 Å². The number of benzene rings is 1. The van der Waals surface area contributed by atoms with Gasteiger partial charge in [-0.25, -0.2) is 0 Å². The lowest BCUT2D eigenvalue weighted by Crippen LogP contribution is -2.51. The highest BCUT2D eigenvalue weighted by Gasteiger charge is 2.40. The summed E-state index contributed by atoms with van der Waals surface area (Å²) in [6.07, 6.45) is 1.07. The Labute approximate surface area is 114 Å². The van der Waals surface area contributed by atoms with E-state index < -0.39 is 11.5 Å². The molecule has 0 bridgehead atoms. The van der Waals surface area contributed by atoms with Crippen molar-refractivity contribution in [3.05, 3.63) is 35.9 Å². The monoisotopic (exact) mass is 262 g/mol. The molecular formula is C15H22N2O2. The van der Waals surface area contributed by atoms with Gasteiger partial charge in [0.05, 0.1) is 11.5 Å². The molecule has 1 amide bonds. The van der Waals surface area contributed by atoms with Crippen molar-refractivity contribution in [1.82, 2.24) is 10.6 Å². The smallest absolute Gasteiger partial charge is 0.230 e. The number of nitrogens with one attached hydrogen (secondary N) is 2. The summed E-state index contributed by atoms with van der Waals surface area (Å²) in [7, 11) is 0. The molecule has 1 aliphatic heterocycles. The second-order valence-corrected chi connectivity index (χ2v) is 5.26. The van der Waals surface area contributed by atoms with E-state index in [-0.39, 0.29) is 5.91 Å². The predicted octanol–water partition coefficient (Wildman–Crippen LogP) is 0.805. The van der Waals surface area contributed by atoms with E-state index in [1.807, 2.05) is 30.3 Å². The van der Waals surface area contributed by atoms with Gasteiger partial charge in [-0.05, 0) is 38.4 Å². The molecule has 1 fully saturated rings. The minimum Gasteiger partial charge on any atom is -0.392 e. The third-order valence-electron chi connectivity index (χ3n) is 3.78. The molecule has 1 aliphatic rings. The number of aliphatic hydroxyl groups excluding tert-OH is 1. The zero-order chi connectivity index (χ0) is 13.7. The zero-order valence-corrected chi connectivity index (χ0v) is 11.4. The molecule has 4 nitrogen and oxygen atoms in total. The van der Waals surface area contributed by atoms with Crippen molar-refractivity contribution in [3.63, 3.8) is 0 Å². The maximum absolute atomic E-state index is 12.6. The van der Waals surface area contributed by atoms with Crippen LogP contribution in [0.15, 0.2) is 30.3 Å². The van der Waals surface area contributed by atoms with Gasteiger partial charge in [0.1, 0.15) is 0 Å². The van der Waals surface area contributed by atoms with Crippen molar-refractivity contribution in [1.29, 1.82) is 0 Å². The Kier molecular flexibility index (Phi) is 4.56. The van der Waals surface area contributed by atoms with Crippen LogP contribution in [0.1, 0.15) is 25.3 Å². The van der Waals surface area contributed by atoms with Gasteiger partial charge < -0.3 is 15.7 Å². The van der Waals surface area contributed by atoms with Crippen LogP contribution in [-0.2, 0) is 10.2 Å². The van der Waals surface area contributed by atoms with Gasteiger partial charge in [0, 0.05) is 6.54 Å². The Morgan fingerprint density at radius 1 is 1.37 bits per heavy atom. The van der Waals surface area contributed by atoms with E-state index in [1.165, 1.54) is 0 Å². The second kappa shape index (κ2) is 6.17. The van der Waals surface area contributed by atoms with Crippen LogP contribution in [0, 0.1) is 0 Å². The summed E-state index contributed by atoms with van der Waals surface area (Å²) in [6.45, 7) is 3.67. The molecule has 0 saturated carbocycles. The third kappa shape index (κ3) is 3.14. The Morgan fingerprint density at radius 2 is 2.00 bits per heavy atom. The van der Waals surface area contributed by atoms with Gasteiger partial charge in [0.25, 0.3) is 0 Å². The number of piperidine rings is 1. The van der Waals surface area contributed by atoms with Gasteiger partial charge in [-0.1, -0.05) is 30.3 Å². The van der Waals surface area contributed by atoms with Crippen LogP contribution >= 0.6 is 0 Å². The summed E-state index contributed by atoms with van der Waals surface area (Å²) in [4.78, 5) is 12.6. The molecule has 1 atom stereocenters. The maximum atomic E-state index is 12.6. The molecule has 3 N–H and O–H groups in total. The molecule has 104 valence electrons. The third-order valence-corrected chi connectivity index (χ3v) is 3.78. The van der Waals surface area contributed by atoms with Gasteiger partial charge in [0.2, 0.25) is 5.91 Å². The average molecular weight is 262 g/mol. The summed E-state index contributed by atoms with van der Waals surface area (Å²) in [5.41, 5.74) is 0.612. The highest BCUT2D eigenvalue weighted by Crippen LogP contribution is 2.33. The first-order chi connectivity index (χ1) is 9.15. The number of aliphatic hydroxyl groups is 1. The number of hydrogen-bond donors (Lipinski definition) is 3. The van der Waals surface area contributed by atoms with Crippen molar-refractivity contribution in [2.75, 3.05) is 19.6 Å². The van der Waals surface area contributed by atoms with E-state index in [0.29, 0.717) is 6.54 Å². The van der Waals surface area contributed by atoms with Gasteiger partial charge in [-0.2, -0.15) is 0 Å². The van der Waals surface area contributed by atoms with Crippen LogP contribution in [0.4, 0.5) is 0 Å². The topological polar surface area (TPSA) is 61.4 Å². The highest BCUT2D eigenvalue weighted by atomic mass is 16.3. The molecule has 0 spiro atoms. The summed E-state index contributed by atoms with van der Waals surface area (Å²) < 4.78 is 0. The maximum Gasteiger partial charge on any atom is 0.230 e. The van der Waals surface area contributed by atoms with Crippen LogP contribution in [-0.4, -0.2) is 36.8 Å². The molecule has 0 aromatic heterocycles. The van der Waals surface area contributed by atoms with E-state index >= 15 is 0 Å². The van der Waals surface area contributed by atoms with E-state index in [2.05, 4.69) is 10.6 Å². The fourth-order valence-corrected chi connectivity index (χ4v) is 2.67. The van der Waals surface area contributed by atoms with Crippen molar-refractivity contribution in [3.8, 4) is 0 Å². The average Bonchev–Trinajstić information content (AvgIpc) is 2.46. The fraction of sp³-hybridized carbons (Fsp3) is 0.533. The van der Waals surface area contributed by atoms with Crippen molar-refractivity contribution in [2.24, 2.45) is 0 Å². The second-order valence-electron chi connectivity index (χ2n) is 5.26. The number of hydrogen-bond acceptors (Lipinski definition) is 3. The lowest BCUT2D eigenvalue weighted by molar-refractivity contribution is -0.128. The molecule has 19 heavy (non-hydrogen) atoms. The number of amides is 1. The van der Waals surface area contributed by atoms with E-state index in [0.717, 1.165) is 31.5 Å². The van der Waals surface area contributed by atoms with Crippen LogP contribution in [0.25, 0.3) is 0 Å². The van der Waals surface area contributed by atoms with Crippen molar-refractivity contribution in [2.45, 2.75) is 31.3 Å². The quantitative estimate of drug-likeness (QED) is 0.752. The molecule has 1 heterocycles. The van der Waals surface area contributed by atoms with Crippen LogP contribution in [0.2, 0.25) is 0 Å². The molecule has 1 unspecified atom stereocenters. The van der Waals surface area contributed by atoms with Crippen molar-refractivity contribution >= 4 is 5.91 Å². The minimum atomic E-state index is -0.515. The highest BCUT2D eigenvalue weighted by molar-refractivity contribution is 5.88. The van der Waals surface area contributed by atoms with Gasteiger partial charge in [-0.15, -0.1) is 0 Å². The number of carbonyl (C=O) groups is 1. The molecule has 1 saturated heterocycles. The molecule has 0 aliphatic carbocycles. The van der Waals surface area contributed by atoms with Crippen LogP contribution < -0.4 is 10.6 Å². The fourth-order valence-electron chi connectivity index (χ4n) is 2.67. The summed E-state index contributed by atoms with van der Waals surface area (Å²) >= 11 is 0. The van der Waals surface area contributed by atoms with Gasteiger partial charge >= 0.3 is 0 Å². The molecule has 4 heteroatoms. The van der Waals surface area contributed by atoms with Gasteiger partial charge in [-0.3, -0.25) is 4.79 Å². The molecule has 1 aromatic rings. The molecular weight excluding hydrogens is 240 g/mol. The van der Waals surface area contributed by atoms with E-state index in [9.17, 15) is 9.90 Å². The first-order valence-corrected chi connectivity index (χ1v) is 6.88. The zero-order valence-electron chi connectivity index (χ0n) is 11.4. The Morgan fingerprint density at radius 3 is 2.58 bits per heavy atom. The summed E-state index contributed by atoms with van der Waals surface area (Å²) in [6, 6.07) is 9.95. The largest absolute Gasteiger partial charge is 0.392 e. The van der Waals surface area contributed by atoms with E-state index in [4.69, 9.17) is 0 Å². The number of rotatable bonds is 4. The first-order valence-electron chi connectivity index (χ1n) is 6.88. The number of carbonyl (C=O) groups excluding carboxylic acids is 1. The normalized spacial score (nSPS) is 19.7. The summed E-state index contributed by atoms with van der Waals surface area (Å²) in [5.74, 6) is 0.0288. The Hall–Kier alpha value is -1.39. The molecule has 0 radical (unpaired) electrons. The minimum absolute atomic E-state index is 0.0288. The van der Waals surface area contributed by atoms with Crippen LogP contribution in [0.5, 0.6) is 0 Å².